The minimum absolute atomic E-state index is 0.000366. The second-order valence-corrected chi connectivity index (χ2v) is 9.10. The average Bonchev–Trinajstić information content (AvgIpc) is 2.80. The van der Waals surface area contributed by atoms with Crippen molar-refractivity contribution in [2.75, 3.05) is 20.3 Å². The normalized spacial score (nSPS) is 30.7. The Morgan fingerprint density at radius 2 is 1.90 bits per heavy atom. The molecule has 2 aliphatic heterocycles. The molecule has 1 aliphatic carbocycles. The molecule has 1 aromatic carbocycles. The summed E-state index contributed by atoms with van der Waals surface area (Å²) in [4.78, 5) is 29.7. The van der Waals surface area contributed by atoms with E-state index in [1.807, 2.05) is 30.0 Å². The molecule has 2 bridgehead atoms. The largest absolute Gasteiger partial charge is 0.493 e. The van der Waals surface area contributed by atoms with Gasteiger partial charge in [0, 0.05) is 31.0 Å². The maximum absolute atomic E-state index is 13.2. The number of methoxy groups -OCH3 is 1. The first-order valence-electron chi connectivity index (χ1n) is 10.7. The number of piperidine rings is 1. The number of likely N-dealkylation sites (tertiary alicyclic amines) is 2. The number of benzene rings is 1. The van der Waals surface area contributed by atoms with Crippen molar-refractivity contribution in [1.82, 2.24) is 9.80 Å². The highest BCUT2D eigenvalue weighted by Crippen LogP contribution is 2.53. The summed E-state index contributed by atoms with van der Waals surface area (Å²) >= 11 is 0. The molecule has 4 rings (SSSR count). The summed E-state index contributed by atoms with van der Waals surface area (Å²) in [5.41, 5.74) is 1.05. The van der Waals surface area contributed by atoms with Crippen LogP contribution in [0.5, 0.6) is 11.5 Å². The van der Waals surface area contributed by atoms with Gasteiger partial charge in [-0.3, -0.25) is 9.59 Å². The van der Waals surface area contributed by atoms with E-state index in [0.717, 1.165) is 37.7 Å². The molecule has 2 heterocycles. The van der Waals surface area contributed by atoms with Crippen molar-refractivity contribution in [1.29, 1.82) is 0 Å². The molecule has 0 N–H and O–H groups in total. The molecular formula is C23H32N2O4. The molecule has 2 saturated heterocycles. The summed E-state index contributed by atoms with van der Waals surface area (Å²) in [7, 11) is 1.61. The minimum atomic E-state index is -0.0255. The fourth-order valence-electron chi connectivity index (χ4n) is 6.03. The fourth-order valence-corrected chi connectivity index (χ4v) is 6.03. The smallest absolute Gasteiger partial charge is 0.260 e. The number of aryl methyl sites for hydroxylation is 1. The molecule has 1 aromatic rings. The topological polar surface area (TPSA) is 59.1 Å². The van der Waals surface area contributed by atoms with E-state index in [1.54, 1.807) is 14.0 Å². The molecule has 6 heteroatoms. The Bertz CT molecular complexity index is 810. The number of carbonyl (C=O) groups excluding carboxylic acids is 2. The summed E-state index contributed by atoms with van der Waals surface area (Å²) in [6, 6.07) is 6.24. The Hall–Kier alpha value is -2.24. The number of fused-ring (bicyclic) bond motifs is 1. The monoisotopic (exact) mass is 400 g/mol. The van der Waals surface area contributed by atoms with Crippen LogP contribution in [0.2, 0.25) is 0 Å². The van der Waals surface area contributed by atoms with E-state index in [0.29, 0.717) is 18.0 Å². The Morgan fingerprint density at radius 1 is 1.17 bits per heavy atom. The first kappa shape index (κ1) is 20.0. The fraction of sp³-hybridized carbons (Fsp3) is 0.652. The lowest BCUT2D eigenvalue weighted by molar-refractivity contribution is -0.141. The van der Waals surface area contributed by atoms with Crippen LogP contribution in [0.3, 0.4) is 0 Å². The Labute approximate surface area is 173 Å². The van der Waals surface area contributed by atoms with E-state index >= 15 is 0 Å². The van der Waals surface area contributed by atoms with Gasteiger partial charge in [-0.2, -0.15) is 0 Å². The predicted molar refractivity (Wildman–Crippen MR) is 110 cm³/mol. The first-order valence-corrected chi connectivity index (χ1v) is 10.7. The van der Waals surface area contributed by atoms with Gasteiger partial charge in [0.15, 0.2) is 18.1 Å². The van der Waals surface area contributed by atoms with E-state index in [9.17, 15) is 9.59 Å². The molecule has 0 aromatic heterocycles. The second-order valence-electron chi connectivity index (χ2n) is 9.10. The van der Waals surface area contributed by atoms with Gasteiger partial charge in [-0.25, -0.2) is 0 Å². The summed E-state index contributed by atoms with van der Waals surface area (Å²) in [5, 5.41) is 0. The lowest BCUT2D eigenvalue weighted by atomic mass is 9.71. The molecule has 1 saturated carbocycles. The minimum Gasteiger partial charge on any atom is -0.493 e. The van der Waals surface area contributed by atoms with Crippen LogP contribution in [0.15, 0.2) is 18.2 Å². The number of hydrogen-bond donors (Lipinski definition) is 0. The Balaban J connectivity index is 1.54. The van der Waals surface area contributed by atoms with E-state index in [2.05, 4.69) is 11.8 Å². The molecule has 6 nitrogen and oxygen atoms in total. The third-order valence-electron chi connectivity index (χ3n) is 7.27. The molecule has 4 atom stereocenters. The average molecular weight is 401 g/mol. The van der Waals surface area contributed by atoms with Crippen LogP contribution in [-0.4, -0.2) is 60.0 Å². The second kappa shape index (κ2) is 7.54. The summed E-state index contributed by atoms with van der Waals surface area (Å²) in [6.07, 6.45) is 5.27. The zero-order valence-electron chi connectivity index (χ0n) is 17.9. The quantitative estimate of drug-likeness (QED) is 0.779. The van der Waals surface area contributed by atoms with Gasteiger partial charge in [0.1, 0.15) is 0 Å². The molecule has 29 heavy (non-hydrogen) atoms. The number of carbonyl (C=O) groups is 2. The van der Waals surface area contributed by atoms with E-state index in [4.69, 9.17) is 9.47 Å². The molecule has 3 fully saturated rings. The summed E-state index contributed by atoms with van der Waals surface area (Å²) in [6.45, 7) is 6.55. The van der Waals surface area contributed by atoms with Crippen LogP contribution in [0.4, 0.5) is 0 Å². The number of hydrogen-bond acceptors (Lipinski definition) is 4. The van der Waals surface area contributed by atoms with E-state index in [1.165, 1.54) is 0 Å². The predicted octanol–water partition coefficient (Wildman–Crippen LogP) is 3.16. The van der Waals surface area contributed by atoms with Gasteiger partial charge in [0.25, 0.3) is 5.91 Å². The van der Waals surface area contributed by atoms with Crippen LogP contribution in [-0.2, 0) is 9.59 Å². The van der Waals surface area contributed by atoms with Crippen molar-refractivity contribution in [3.05, 3.63) is 23.8 Å². The standard InChI is InChI=1S/C23H32N2O4/c1-15-9-10-18(19(11-15)28-4)29-14-22(27)24-13-17-12-23(3)20(24)7-5-6-8-21(23)25(17)16(2)26/h9-11,17,20-21H,5-8,12-14H2,1-4H3/t17-,20+,21-,23+/m0/s1. The van der Waals surface area contributed by atoms with Crippen molar-refractivity contribution in [2.45, 2.75) is 71.0 Å². The van der Waals surface area contributed by atoms with Gasteiger partial charge in [-0.15, -0.1) is 0 Å². The van der Waals surface area contributed by atoms with Gasteiger partial charge >= 0.3 is 0 Å². The SMILES string of the molecule is COc1cc(C)ccc1OCC(=O)N1C[C@@H]2C[C@@]3(C)[C@H](CCCC[C@@H]13)N2C(C)=O. The zero-order valence-corrected chi connectivity index (χ0v) is 17.9. The van der Waals surface area contributed by atoms with Gasteiger partial charge in [0.2, 0.25) is 5.91 Å². The summed E-state index contributed by atoms with van der Waals surface area (Å²) < 4.78 is 11.3. The van der Waals surface area contributed by atoms with Crippen LogP contribution in [0, 0.1) is 12.3 Å². The Kier molecular flexibility index (Phi) is 5.21. The lowest BCUT2D eigenvalue weighted by Gasteiger charge is -2.46. The van der Waals surface area contributed by atoms with E-state index in [-0.39, 0.29) is 42.0 Å². The van der Waals surface area contributed by atoms with Gasteiger partial charge in [0.05, 0.1) is 13.2 Å². The van der Waals surface area contributed by atoms with Crippen LogP contribution in [0.25, 0.3) is 0 Å². The van der Waals surface area contributed by atoms with Crippen molar-refractivity contribution in [3.63, 3.8) is 0 Å². The van der Waals surface area contributed by atoms with Crippen LogP contribution >= 0.6 is 0 Å². The van der Waals surface area contributed by atoms with Crippen molar-refractivity contribution < 1.29 is 19.1 Å². The van der Waals surface area contributed by atoms with Crippen molar-refractivity contribution >= 4 is 11.8 Å². The first-order chi connectivity index (χ1) is 13.8. The molecule has 0 radical (unpaired) electrons. The molecule has 2 amide bonds. The third kappa shape index (κ3) is 3.36. The summed E-state index contributed by atoms with van der Waals surface area (Å²) in [5.74, 6) is 1.36. The van der Waals surface area contributed by atoms with Gasteiger partial charge in [-0.05, 0) is 43.9 Å². The van der Waals surface area contributed by atoms with Crippen molar-refractivity contribution in [2.24, 2.45) is 5.41 Å². The highest BCUT2D eigenvalue weighted by Gasteiger charge is 2.60. The number of amides is 2. The van der Waals surface area contributed by atoms with Crippen LogP contribution < -0.4 is 9.47 Å². The number of rotatable bonds is 4. The number of ether oxygens (including phenoxy) is 2. The highest BCUT2D eigenvalue weighted by molar-refractivity contribution is 5.80. The number of nitrogens with zero attached hydrogens (tertiary/aromatic N) is 2. The molecule has 0 unspecified atom stereocenters. The third-order valence-corrected chi connectivity index (χ3v) is 7.27. The van der Waals surface area contributed by atoms with Crippen molar-refractivity contribution in [3.8, 4) is 11.5 Å². The molecule has 158 valence electrons. The highest BCUT2D eigenvalue weighted by atomic mass is 16.5. The zero-order chi connectivity index (χ0) is 20.8. The van der Waals surface area contributed by atoms with E-state index < -0.39 is 0 Å². The molecule has 0 spiro atoms. The molecular weight excluding hydrogens is 368 g/mol. The van der Waals surface area contributed by atoms with Crippen LogP contribution in [0.1, 0.15) is 51.5 Å². The lowest BCUT2D eigenvalue weighted by Crippen LogP contribution is -2.56. The van der Waals surface area contributed by atoms with Gasteiger partial charge in [-0.1, -0.05) is 25.8 Å². The maximum atomic E-state index is 13.2. The molecule has 3 aliphatic rings. The Morgan fingerprint density at radius 3 is 2.59 bits per heavy atom. The van der Waals surface area contributed by atoms with Gasteiger partial charge < -0.3 is 19.3 Å². The maximum Gasteiger partial charge on any atom is 0.260 e.